The molecule has 1 aromatic carbocycles. The van der Waals surface area contributed by atoms with Crippen LogP contribution in [0.5, 0.6) is 0 Å². The van der Waals surface area contributed by atoms with Crippen LogP contribution in [-0.2, 0) is 17.1 Å². The normalized spacial score (nSPS) is 17.1. The summed E-state index contributed by atoms with van der Waals surface area (Å²) in [6, 6.07) is 9.45. The average molecular weight is 613 g/mol. The number of halogens is 3. The summed E-state index contributed by atoms with van der Waals surface area (Å²) in [5, 5.41) is 12.8. The van der Waals surface area contributed by atoms with Gasteiger partial charge in [0.15, 0.2) is 5.65 Å². The first-order chi connectivity index (χ1) is 17.2. The van der Waals surface area contributed by atoms with Gasteiger partial charge < -0.3 is 5.32 Å². The van der Waals surface area contributed by atoms with Gasteiger partial charge in [-0.1, -0.05) is 41.4 Å². The van der Waals surface area contributed by atoms with Gasteiger partial charge in [0.2, 0.25) is 10.0 Å². The maximum Gasteiger partial charge on any atom is 0.248 e. The number of piperidine rings is 1. The van der Waals surface area contributed by atoms with Gasteiger partial charge in [0.25, 0.3) is 0 Å². The van der Waals surface area contributed by atoms with Crippen molar-refractivity contribution in [2.24, 2.45) is 13.0 Å². The second-order valence-electron chi connectivity index (χ2n) is 8.82. The number of hydrogen-bond acceptors (Lipinski definition) is 6. The van der Waals surface area contributed by atoms with Crippen LogP contribution in [0, 0.1) is 12.8 Å². The summed E-state index contributed by atoms with van der Waals surface area (Å²) in [7, 11) is -2.12. The van der Waals surface area contributed by atoms with E-state index in [0.717, 1.165) is 28.7 Å². The smallest absolute Gasteiger partial charge is 0.248 e. The number of hydrogen-bond donors (Lipinski definition) is 1. The van der Waals surface area contributed by atoms with Crippen molar-refractivity contribution in [1.82, 2.24) is 28.7 Å². The molecule has 0 spiro atoms. The van der Waals surface area contributed by atoms with Crippen molar-refractivity contribution in [2.75, 3.05) is 25.0 Å². The van der Waals surface area contributed by atoms with Gasteiger partial charge >= 0.3 is 0 Å². The predicted octanol–water partition coefficient (Wildman–Crippen LogP) is 5.02. The monoisotopic (exact) mass is 611 g/mol. The zero-order valence-corrected chi connectivity index (χ0v) is 23.5. The Morgan fingerprint density at radius 1 is 1.25 bits per heavy atom. The van der Waals surface area contributed by atoms with Crippen LogP contribution < -0.4 is 5.32 Å². The Kier molecular flexibility index (Phi) is 7.03. The van der Waals surface area contributed by atoms with Crippen LogP contribution in [0.3, 0.4) is 0 Å². The molecule has 0 radical (unpaired) electrons. The molecule has 13 heteroatoms. The number of aromatic nitrogens is 5. The van der Waals surface area contributed by atoms with Crippen molar-refractivity contribution in [3.05, 3.63) is 56.9 Å². The Hall–Kier alpha value is -2.18. The van der Waals surface area contributed by atoms with E-state index < -0.39 is 10.0 Å². The van der Waals surface area contributed by atoms with Gasteiger partial charge in [-0.3, -0.25) is 4.68 Å². The van der Waals surface area contributed by atoms with Crippen LogP contribution in [0.2, 0.25) is 10.2 Å². The fraction of sp³-hybridized carbons (Fsp3) is 0.348. The van der Waals surface area contributed by atoms with E-state index in [1.54, 1.807) is 24.7 Å². The summed E-state index contributed by atoms with van der Waals surface area (Å²) in [6.07, 6.45) is 3.35. The third-order valence-corrected chi connectivity index (χ3v) is 9.78. The van der Waals surface area contributed by atoms with Crippen LogP contribution in [0.25, 0.3) is 16.9 Å². The SMILES string of the molecule is Cc1nn(C)c(Cl)c1S(=O)(=O)N1CCCC(CNc2cc(-c3ccccc3Cl)nc3c(Br)cnn23)C1. The van der Waals surface area contributed by atoms with E-state index in [1.807, 2.05) is 30.3 Å². The second kappa shape index (κ2) is 9.94. The molecule has 1 atom stereocenters. The average Bonchev–Trinajstić information content (AvgIpc) is 3.35. The van der Waals surface area contributed by atoms with Gasteiger partial charge in [-0.15, -0.1) is 0 Å². The Balaban J connectivity index is 1.39. The maximum absolute atomic E-state index is 13.4. The Labute approximate surface area is 227 Å². The summed E-state index contributed by atoms with van der Waals surface area (Å²) in [6.45, 7) is 3.06. The molecular formula is C23H24BrCl2N7O2S. The standard InChI is InChI=1S/C23H24BrCl2N7O2S/c1-14-21(22(26)31(2)30-14)36(34,35)32-9-5-6-15(13-32)11-27-20-10-19(16-7-3-4-8-18(16)25)29-23-17(24)12-28-33(20)23/h3-4,7-8,10,12,15,27H,5-6,9,11,13H2,1-2H3. The van der Waals surface area contributed by atoms with Crippen molar-refractivity contribution in [3.63, 3.8) is 0 Å². The second-order valence-corrected chi connectivity index (χ2v) is 12.3. The zero-order valence-electron chi connectivity index (χ0n) is 19.6. The molecule has 1 aliphatic rings. The third-order valence-electron chi connectivity index (χ3n) is 6.33. The van der Waals surface area contributed by atoms with Gasteiger partial charge in [-0.2, -0.15) is 19.0 Å². The van der Waals surface area contributed by atoms with Gasteiger partial charge in [0.05, 0.1) is 22.1 Å². The number of anilines is 1. The lowest BCUT2D eigenvalue weighted by atomic mass is 10.00. The molecule has 5 rings (SSSR count). The van der Waals surface area contributed by atoms with Gasteiger partial charge in [0, 0.05) is 43.3 Å². The highest BCUT2D eigenvalue weighted by molar-refractivity contribution is 9.10. The first-order valence-electron chi connectivity index (χ1n) is 11.4. The number of nitrogens with zero attached hydrogens (tertiary/aromatic N) is 6. The van der Waals surface area contributed by atoms with E-state index in [1.165, 1.54) is 8.99 Å². The molecule has 4 heterocycles. The molecule has 0 bridgehead atoms. The predicted molar refractivity (Wildman–Crippen MR) is 144 cm³/mol. The summed E-state index contributed by atoms with van der Waals surface area (Å²) in [5.41, 5.74) is 2.59. The number of nitrogens with one attached hydrogen (secondary N) is 1. The highest BCUT2D eigenvalue weighted by atomic mass is 79.9. The number of fused-ring (bicyclic) bond motifs is 1. The fourth-order valence-electron chi connectivity index (χ4n) is 4.56. The minimum absolute atomic E-state index is 0.0851. The lowest BCUT2D eigenvalue weighted by Crippen LogP contribution is -2.42. The molecule has 4 aromatic rings. The van der Waals surface area contributed by atoms with Crippen molar-refractivity contribution in [1.29, 1.82) is 0 Å². The molecule has 1 unspecified atom stereocenters. The largest absolute Gasteiger partial charge is 0.370 e. The lowest BCUT2D eigenvalue weighted by molar-refractivity contribution is 0.275. The van der Waals surface area contributed by atoms with Crippen LogP contribution in [0.15, 0.2) is 45.9 Å². The van der Waals surface area contributed by atoms with E-state index in [-0.39, 0.29) is 16.0 Å². The highest BCUT2D eigenvalue weighted by Crippen LogP contribution is 2.32. The van der Waals surface area contributed by atoms with E-state index in [2.05, 4.69) is 31.4 Å². The van der Waals surface area contributed by atoms with Crippen LogP contribution in [-0.4, -0.2) is 56.7 Å². The van der Waals surface area contributed by atoms with Gasteiger partial charge in [-0.05, 0) is 47.7 Å². The van der Waals surface area contributed by atoms with Crippen LogP contribution >= 0.6 is 39.1 Å². The molecule has 1 N–H and O–H groups in total. The minimum atomic E-state index is -3.76. The topological polar surface area (TPSA) is 97.4 Å². The zero-order chi connectivity index (χ0) is 25.6. The quantitative estimate of drug-likeness (QED) is 0.328. The van der Waals surface area contributed by atoms with E-state index in [0.29, 0.717) is 41.7 Å². The first-order valence-corrected chi connectivity index (χ1v) is 14.4. The third kappa shape index (κ3) is 4.63. The van der Waals surface area contributed by atoms with Gasteiger partial charge in [-0.25, -0.2) is 13.4 Å². The first kappa shape index (κ1) is 25.5. The van der Waals surface area contributed by atoms with Crippen molar-refractivity contribution >= 4 is 60.6 Å². The molecule has 1 saturated heterocycles. The molecule has 36 heavy (non-hydrogen) atoms. The molecule has 1 aliphatic heterocycles. The summed E-state index contributed by atoms with van der Waals surface area (Å²) in [5.74, 6) is 0.835. The van der Waals surface area contributed by atoms with Crippen molar-refractivity contribution < 1.29 is 8.42 Å². The minimum Gasteiger partial charge on any atom is -0.370 e. The van der Waals surface area contributed by atoms with Crippen molar-refractivity contribution in [2.45, 2.75) is 24.7 Å². The molecule has 0 amide bonds. The van der Waals surface area contributed by atoms with Gasteiger partial charge in [0.1, 0.15) is 15.9 Å². The summed E-state index contributed by atoms with van der Waals surface area (Å²) >= 11 is 16.2. The Morgan fingerprint density at radius 3 is 2.75 bits per heavy atom. The lowest BCUT2D eigenvalue weighted by Gasteiger charge is -2.32. The highest BCUT2D eigenvalue weighted by Gasteiger charge is 2.34. The van der Waals surface area contributed by atoms with E-state index in [9.17, 15) is 8.42 Å². The molecule has 3 aromatic heterocycles. The number of rotatable bonds is 6. The summed E-state index contributed by atoms with van der Waals surface area (Å²) < 4.78 is 32.2. The summed E-state index contributed by atoms with van der Waals surface area (Å²) in [4.78, 5) is 4.82. The molecule has 190 valence electrons. The van der Waals surface area contributed by atoms with Crippen LogP contribution in [0.1, 0.15) is 18.5 Å². The van der Waals surface area contributed by atoms with Crippen molar-refractivity contribution in [3.8, 4) is 11.3 Å². The van der Waals surface area contributed by atoms with E-state index >= 15 is 0 Å². The number of benzene rings is 1. The molecule has 0 saturated carbocycles. The van der Waals surface area contributed by atoms with E-state index in [4.69, 9.17) is 28.2 Å². The Bertz CT molecular complexity index is 1550. The van der Waals surface area contributed by atoms with Crippen LogP contribution in [0.4, 0.5) is 5.82 Å². The number of aryl methyl sites for hydroxylation is 2. The Morgan fingerprint density at radius 2 is 2.03 bits per heavy atom. The molecule has 1 fully saturated rings. The molecule has 0 aliphatic carbocycles. The maximum atomic E-state index is 13.4. The molecule has 9 nitrogen and oxygen atoms in total. The molecular weight excluding hydrogens is 589 g/mol. The fourth-order valence-corrected chi connectivity index (χ4v) is 7.40. The number of sulfonamides is 1.